The number of nitrogens with zero attached hydrogens (tertiary/aromatic N) is 3. The van der Waals surface area contributed by atoms with Crippen molar-refractivity contribution in [2.24, 2.45) is 5.41 Å². The number of benzene rings is 1. The number of hydrogen-bond acceptors (Lipinski definition) is 3. The number of anilines is 1. The monoisotopic (exact) mass is 289 g/mol. The summed E-state index contributed by atoms with van der Waals surface area (Å²) in [5.74, 6) is 0.980. The lowest BCUT2D eigenvalue weighted by Gasteiger charge is -2.27. The molecule has 0 unspecified atom stereocenters. The smallest absolute Gasteiger partial charge is 0.159 e. The molecule has 1 saturated heterocycles. The summed E-state index contributed by atoms with van der Waals surface area (Å²) in [4.78, 5) is 2.37. The van der Waals surface area contributed by atoms with Crippen LogP contribution in [0.15, 0.2) is 24.3 Å². The SMILES string of the molecule is CCC1(CC)CCN(c2nnc(Cl)c3ccccc23)C1. The Hall–Kier alpha value is -1.35. The van der Waals surface area contributed by atoms with Gasteiger partial charge in [-0.1, -0.05) is 49.7 Å². The van der Waals surface area contributed by atoms with Crippen molar-refractivity contribution in [2.75, 3.05) is 18.0 Å². The van der Waals surface area contributed by atoms with Crippen LogP contribution in [0.5, 0.6) is 0 Å². The van der Waals surface area contributed by atoms with Crippen molar-refractivity contribution in [1.82, 2.24) is 10.2 Å². The highest BCUT2D eigenvalue weighted by atomic mass is 35.5. The summed E-state index contributed by atoms with van der Waals surface area (Å²) in [6.45, 7) is 6.71. The van der Waals surface area contributed by atoms with Gasteiger partial charge in [0.2, 0.25) is 0 Å². The Balaban J connectivity index is 2.02. The van der Waals surface area contributed by atoms with E-state index >= 15 is 0 Å². The molecule has 0 radical (unpaired) electrons. The first kappa shape index (κ1) is 13.6. The van der Waals surface area contributed by atoms with Crippen LogP contribution >= 0.6 is 11.6 Å². The Morgan fingerprint density at radius 1 is 1.15 bits per heavy atom. The van der Waals surface area contributed by atoms with E-state index in [4.69, 9.17) is 11.6 Å². The third-order valence-electron chi connectivity index (χ3n) is 4.86. The lowest BCUT2D eigenvalue weighted by Crippen LogP contribution is -2.27. The summed E-state index contributed by atoms with van der Waals surface area (Å²) in [7, 11) is 0. The van der Waals surface area contributed by atoms with Gasteiger partial charge in [-0.05, 0) is 24.7 Å². The van der Waals surface area contributed by atoms with E-state index in [0.717, 1.165) is 29.7 Å². The standard InChI is InChI=1S/C16H20ClN3/c1-3-16(4-2)9-10-20(11-16)15-13-8-6-5-7-12(13)14(17)18-19-15/h5-8H,3-4,9-11H2,1-2H3. The van der Waals surface area contributed by atoms with Gasteiger partial charge >= 0.3 is 0 Å². The highest BCUT2D eigenvalue weighted by molar-refractivity contribution is 6.34. The molecule has 0 spiro atoms. The topological polar surface area (TPSA) is 29.0 Å². The van der Waals surface area contributed by atoms with Gasteiger partial charge in [-0.15, -0.1) is 10.2 Å². The molecule has 20 heavy (non-hydrogen) atoms. The van der Waals surface area contributed by atoms with Crippen molar-refractivity contribution in [3.05, 3.63) is 29.4 Å². The molecule has 0 saturated carbocycles. The van der Waals surface area contributed by atoms with Crippen molar-refractivity contribution in [3.63, 3.8) is 0 Å². The molecule has 0 amide bonds. The third kappa shape index (κ3) is 2.14. The van der Waals surface area contributed by atoms with E-state index in [9.17, 15) is 0 Å². The number of halogens is 1. The molecule has 1 aromatic carbocycles. The van der Waals surface area contributed by atoms with Crippen LogP contribution < -0.4 is 4.90 Å². The minimum atomic E-state index is 0.433. The maximum Gasteiger partial charge on any atom is 0.159 e. The van der Waals surface area contributed by atoms with Crippen molar-refractivity contribution < 1.29 is 0 Å². The second-order valence-electron chi connectivity index (χ2n) is 5.74. The summed E-state index contributed by atoms with van der Waals surface area (Å²) >= 11 is 6.15. The van der Waals surface area contributed by atoms with E-state index in [2.05, 4.69) is 35.0 Å². The predicted octanol–water partition coefficient (Wildman–Crippen LogP) is 4.30. The van der Waals surface area contributed by atoms with E-state index in [-0.39, 0.29) is 0 Å². The average Bonchev–Trinajstić information content (AvgIpc) is 2.93. The van der Waals surface area contributed by atoms with Crippen LogP contribution in [0.1, 0.15) is 33.1 Å². The van der Waals surface area contributed by atoms with Gasteiger partial charge in [0, 0.05) is 23.9 Å². The molecule has 0 bridgehead atoms. The van der Waals surface area contributed by atoms with Crippen molar-refractivity contribution >= 4 is 28.2 Å². The second-order valence-corrected chi connectivity index (χ2v) is 6.10. The second kappa shape index (κ2) is 5.21. The number of fused-ring (bicyclic) bond motifs is 1. The molecule has 0 N–H and O–H groups in total. The largest absolute Gasteiger partial charge is 0.354 e. The Labute approximate surface area is 124 Å². The van der Waals surface area contributed by atoms with E-state index in [1.807, 2.05) is 18.2 Å². The molecule has 0 atom stereocenters. The third-order valence-corrected chi connectivity index (χ3v) is 5.14. The minimum absolute atomic E-state index is 0.433. The van der Waals surface area contributed by atoms with Crippen molar-refractivity contribution in [2.45, 2.75) is 33.1 Å². The molecule has 1 aliphatic heterocycles. The highest BCUT2D eigenvalue weighted by Gasteiger charge is 2.36. The van der Waals surface area contributed by atoms with E-state index < -0.39 is 0 Å². The van der Waals surface area contributed by atoms with Crippen molar-refractivity contribution in [3.8, 4) is 0 Å². The summed E-state index contributed by atoms with van der Waals surface area (Å²) in [5.41, 5.74) is 0.433. The van der Waals surface area contributed by atoms with E-state index in [1.165, 1.54) is 19.3 Å². The zero-order valence-electron chi connectivity index (χ0n) is 12.1. The van der Waals surface area contributed by atoms with Crippen molar-refractivity contribution in [1.29, 1.82) is 0 Å². The lowest BCUT2D eigenvalue weighted by atomic mass is 9.82. The maximum absolute atomic E-state index is 6.15. The van der Waals surface area contributed by atoms with Crippen LogP contribution in [-0.2, 0) is 0 Å². The molecular weight excluding hydrogens is 270 g/mol. The molecule has 1 aromatic heterocycles. The first-order chi connectivity index (χ1) is 9.69. The molecule has 4 heteroatoms. The number of hydrogen-bond donors (Lipinski definition) is 0. The van der Waals surface area contributed by atoms with Gasteiger partial charge in [0.1, 0.15) is 0 Å². The Kier molecular flexibility index (Phi) is 3.55. The molecular formula is C16H20ClN3. The van der Waals surface area contributed by atoms with Crippen LogP contribution in [0.25, 0.3) is 10.8 Å². The molecule has 2 aromatic rings. The summed E-state index contributed by atoms with van der Waals surface area (Å²) in [5, 5.41) is 11.1. The number of aromatic nitrogens is 2. The zero-order chi connectivity index (χ0) is 14.2. The summed E-state index contributed by atoms with van der Waals surface area (Å²) in [6, 6.07) is 8.13. The van der Waals surface area contributed by atoms with E-state index in [1.54, 1.807) is 0 Å². The fourth-order valence-corrected chi connectivity index (χ4v) is 3.44. The van der Waals surface area contributed by atoms with Gasteiger partial charge in [-0.3, -0.25) is 0 Å². The minimum Gasteiger partial charge on any atom is -0.354 e. The van der Waals surface area contributed by atoms with Gasteiger partial charge in [-0.25, -0.2) is 0 Å². The average molecular weight is 290 g/mol. The van der Waals surface area contributed by atoms with Crippen LogP contribution in [0.3, 0.4) is 0 Å². The first-order valence-electron chi connectivity index (χ1n) is 7.35. The molecule has 106 valence electrons. The summed E-state index contributed by atoms with van der Waals surface area (Å²) < 4.78 is 0. The van der Waals surface area contributed by atoms with Crippen LogP contribution in [-0.4, -0.2) is 23.3 Å². The van der Waals surface area contributed by atoms with Gasteiger partial charge in [0.25, 0.3) is 0 Å². The fourth-order valence-electron chi connectivity index (χ4n) is 3.23. The van der Waals surface area contributed by atoms with Gasteiger partial charge in [0.05, 0.1) is 0 Å². The molecule has 1 aliphatic rings. The molecule has 0 aliphatic carbocycles. The maximum atomic E-state index is 6.15. The molecule has 3 rings (SSSR count). The van der Waals surface area contributed by atoms with Crippen LogP contribution in [0, 0.1) is 5.41 Å². The quantitative estimate of drug-likeness (QED) is 0.843. The Morgan fingerprint density at radius 3 is 2.50 bits per heavy atom. The predicted molar refractivity (Wildman–Crippen MR) is 84.4 cm³/mol. The first-order valence-corrected chi connectivity index (χ1v) is 7.73. The zero-order valence-corrected chi connectivity index (χ0v) is 12.8. The Bertz CT molecular complexity index is 622. The Morgan fingerprint density at radius 2 is 1.85 bits per heavy atom. The van der Waals surface area contributed by atoms with Crippen LogP contribution in [0.2, 0.25) is 5.15 Å². The molecule has 3 nitrogen and oxygen atoms in total. The van der Waals surface area contributed by atoms with Gasteiger partial charge in [0.15, 0.2) is 11.0 Å². The van der Waals surface area contributed by atoms with Crippen LogP contribution in [0.4, 0.5) is 5.82 Å². The lowest BCUT2D eigenvalue weighted by molar-refractivity contribution is 0.301. The normalized spacial score (nSPS) is 17.9. The van der Waals surface area contributed by atoms with Gasteiger partial charge < -0.3 is 4.90 Å². The summed E-state index contributed by atoms with van der Waals surface area (Å²) in [6.07, 6.45) is 3.68. The molecule has 2 heterocycles. The molecule has 1 fully saturated rings. The number of rotatable bonds is 3. The highest BCUT2D eigenvalue weighted by Crippen LogP contribution is 2.40. The van der Waals surface area contributed by atoms with E-state index in [0.29, 0.717) is 10.6 Å². The fraction of sp³-hybridized carbons (Fsp3) is 0.500. The van der Waals surface area contributed by atoms with Gasteiger partial charge in [-0.2, -0.15) is 0 Å².